The topological polar surface area (TPSA) is 35.5 Å². The normalized spacial score (nSPS) is 16.7. The maximum atomic E-state index is 12.2. The Morgan fingerprint density at radius 1 is 1.00 bits per heavy atom. The molecule has 0 heterocycles. The third-order valence-corrected chi connectivity index (χ3v) is 4.06. The van der Waals surface area contributed by atoms with Crippen LogP contribution in [-0.4, -0.2) is 20.0 Å². The van der Waals surface area contributed by atoms with Gasteiger partial charge in [0.15, 0.2) is 5.78 Å². The number of hydrogen-bond acceptors (Lipinski definition) is 3. The van der Waals surface area contributed by atoms with Gasteiger partial charge in [0.1, 0.15) is 11.5 Å². The molecule has 108 valence electrons. The van der Waals surface area contributed by atoms with E-state index in [1.807, 2.05) is 37.3 Å². The molecule has 0 spiro atoms. The van der Waals surface area contributed by atoms with E-state index in [9.17, 15) is 4.79 Å². The lowest BCUT2D eigenvalue weighted by Gasteiger charge is -2.11. The van der Waals surface area contributed by atoms with E-state index in [2.05, 4.69) is 6.07 Å². The van der Waals surface area contributed by atoms with Crippen LogP contribution in [0, 0.1) is 5.92 Å². The number of carbonyl (C=O) groups excluding carboxylic acids is 1. The van der Waals surface area contributed by atoms with Gasteiger partial charge in [-0.15, -0.1) is 0 Å². The monoisotopic (exact) mass is 282 g/mol. The molecule has 0 saturated carbocycles. The van der Waals surface area contributed by atoms with E-state index in [-0.39, 0.29) is 11.7 Å². The maximum Gasteiger partial charge on any atom is 0.166 e. The quantitative estimate of drug-likeness (QED) is 0.860. The number of ketones is 1. The summed E-state index contributed by atoms with van der Waals surface area (Å²) < 4.78 is 10.7. The van der Waals surface area contributed by atoms with Crippen molar-refractivity contribution in [3.05, 3.63) is 47.5 Å². The van der Waals surface area contributed by atoms with Crippen LogP contribution >= 0.6 is 0 Å². The Hall–Kier alpha value is -2.29. The molecule has 0 radical (unpaired) electrons. The number of rotatable bonds is 3. The fourth-order valence-corrected chi connectivity index (χ4v) is 2.94. The van der Waals surface area contributed by atoms with Gasteiger partial charge in [0.25, 0.3) is 0 Å². The SMILES string of the molecule is COc1cc(OC)cc(-c2cccc3c2CC(C)C3=O)c1. The Balaban J connectivity index is 2.17. The molecule has 3 heteroatoms. The Bertz CT molecular complexity index is 681. The zero-order valence-corrected chi connectivity index (χ0v) is 12.5. The van der Waals surface area contributed by atoms with Gasteiger partial charge < -0.3 is 9.47 Å². The third-order valence-electron chi connectivity index (χ3n) is 4.06. The molecule has 1 unspecified atom stereocenters. The number of hydrogen-bond donors (Lipinski definition) is 0. The highest BCUT2D eigenvalue weighted by Crippen LogP contribution is 2.37. The van der Waals surface area contributed by atoms with Gasteiger partial charge in [0, 0.05) is 17.5 Å². The molecule has 0 aromatic heterocycles. The van der Waals surface area contributed by atoms with Gasteiger partial charge in [-0.25, -0.2) is 0 Å². The van der Waals surface area contributed by atoms with E-state index in [0.717, 1.165) is 40.2 Å². The molecule has 1 atom stereocenters. The summed E-state index contributed by atoms with van der Waals surface area (Å²) in [5.74, 6) is 1.80. The first-order chi connectivity index (χ1) is 10.1. The van der Waals surface area contributed by atoms with Gasteiger partial charge in [0.05, 0.1) is 14.2 Å². The summed E-state index contributed by atoms with van der Waals surface area (Å²) in [4.78, 5) is 12.2. The van der Waals surface area contributed by atoms with Crippen LogP contribution in [0.2, 0.25) is 0 Å². The predicted molar refractivity (Wildman–Crippen MR) is 82.2 cm³/mol. The van der Waals surface area contributed by atoms with Gasteiger partial charge in [-0.1, -0.05) is 25.1 Å². The minimum atomic E-state index is 0.0636. The summed E-state index contributed by atoms with van der Waals surface area (Å²) in [6.45, 7) is 1.98. The largest absolute Gasteiger partial charge is 0.497 e. The zero-order valence-electron chi connectivity index (χ0n) is 12.5. The average Bonchev–Trinajstić information content (AvgIpc) is 2.81. The second kappa shape index (κ2) is 5.24. The molecular weight excluding hydrogens is 264 g/mol. The van der Waals surface area contributed by atoms with Crippen molar-refractivity contribution in [1.82, 2.24) is 0 Å². The number of carbonyl (C=O) groups is 1. The molecule has 3 rings (SSSR count). The number of Topliss-reactive ketones (excluding diaryl/α,β-unsaturated/α-hetero) is 1. The van der Waals surface area contributed by atoms with Crippen LogP contribution in [0.15, 0.2) is 36.4 Å². The molecule has 1 aliphatic rings. The van der Waals surface area contributed by atoms with Crippen molar-refractivity contribution in [2.75, 3.05) is 14.2 Å². The molecule has 0 N–H and O–H groups in total. The van der Waals surface area contributed by atoms with Crippen LogP contribution in [-0.2, 0) is 6.42 Å². The first-order valence-electron chi connectivity index (χ1n) is 7.03. The molecule has 3 nitrogen and oxygen atoms in total. The number of ether oxygens (including phenoxy) is 2. The highest BCUT2D eigenvalue weighted by Gasteiger charge is 2.29. The van der Waals surface area contributed by atoms with Gasteiger partial charge >= 0.3 is 0 Å². The molecular formula is C18H18O3. The smallest absolute Gasteiger partial charge is 0.166 e. The first-order valence-corrected chi connectivity index (χ1v) is 7.03. The Kier molecular flexibility index (Phi) is 3.42. The minimum absolute atomic E-state index is 0.0636. The summed E-state index contributed by atoms with van der Waals surface area (Å²) >= 11 is 0. The van der Waals surface area contributed by atoms with Crippen molar-refractivity contribution in [3.63, 3.8) is 0 Å². The zero-order chi connectivity index (χ0) is 15.0. The highest BCUT2D eigenvalue weighted by molar-refractivity contribution is 6.04. The summed E-state index contributed by atoms with van der Waals surface area (Å²) in [7, 11) is 3.28. The van der Waals surface area contributed by atoms with Crippen molar-refractivity contribution in [2.45, 2.75) is 13.3 Å². The van der Waals surface area contributed by atoms with E-state index in [4.69, 9.17) is 9.47 Å². The molecule has 0 aliphatic heterocycles. The van der Waals surface area contributed by atoms with E-state index >= 15 is 0 Å². The molecule has 0 amide bonds. The van der Waals surface area contributed by atoms with Crippen molar-refractivity contribution in [1.29, 1.82) is 0 Å². The van der Waals surface area contributed by atoms with Gasteiger partial charge in [-0.05, 0) is 35.2 Å². The Morgan fingerprint density at radius 2 is 1.62 bits per heavy atom. The summed E-state index contributed by atoms with van der Waals surface area (Å²) in [5.41, 5.74) is 4.08. The molecule has 1 aliphatic carbocycles. The second-order valence-corrected chi connectivity index (χ2v) is 5.40. The van der Waals surface area contributed by atoms with Crippen LogP contribution in [0.4, 0.5) is 0 Å². The van der Waals surface area contributed by atoms with Crippen molar-refractivity contribution >= 4 is 5.78 Å². The van der Waals surface area contributed by atoms with Gasteiger partial charge in [0.2, 0.25) is 0 Å². The van der Waals surface area contributed by atoms with E-state index in [1.54, 1.807) is 14.2 Å². The maximum absolute atomic E-state index is 12.2. The lowest BCUT2D eigenvalue weighted by Crippen LogP contribution is -2.02. The first kappa shape index (κ1) is 13.7. The van der Waals surface area contributed by atoms with Crippen molar-refractivity contribution in [2.24, 2.45) is 5.92 Å². The average molecular weight is 282 g/mol. The van der Waals surface area contributed by atoms with Crippen molar-refractivity contribution in [3.8, 4) is 22.6 Å². The van der Waals surface area contributed by atoms with Crippen LogP contribution in [0.25, 0.3) is 11.1 Å². The molecule has 0 bridgehead atoms. The van der Waals surface area contributed by atoms with Crippen molar-refractivity contribution < 1.29 is 14.3 Å². The molecule has 21 heavy (non-hydrogen) atoms. The standard InChI is InChI=1S/C18H18O3/c1-11-7-17-15(5-4-6-16(17)18(11)19)12-8-13(20-2)10-14(9-12)21-3/h4-6,8-11H,7H2,1-3H3. The lowest BCUT2D eigenvalue weighted by molar-refractivity contribution is 0.0946. The fourth-order valence-electron chi connectivity index (χ4n) is 2.94. The second-order valence-electron chi connectivity index (χ2n) is 5.40. The van der Waals surface area contributed by atoms with Gasteiger partial charge in [-0.3, -0.25) is 4.79 Å². The summed E-state index contributed by atoms with van der Waals surface area (Å²) in [6, 6.07) is 11.7. The van der Waals surface area contributed by atoms with E-state index < -0.39 is 0 Å². The highest BCUT2D eigenvalue weighted by atomic mass is 16.5. The lowest BCUT2D eigenvalue weighted by atomic mass is 9.96. The number of fused-ring (bicyclic) bond motifs is 1. The van der Waals surface area contributed by atoms with Crippen LogP contribution in [0.3, 0.4) is 0 Å². The van der Waals surface area contributed by atoms with E-state index in [1.165, 1.54) is 0 Å². The molecule has 0 saturated heterocycles. The van der Waals surface area contributed by atoms with Crippen LogP contribution < -0.4 is 9.47 Å². The number of benzene rings is 2. The number of methoxy groups -OCH3 is 2. The molecule has 2 aromatic rings. The molecule has 0 fully saturated rings. The van der Waals surface area contributed by atoms with E-state index in [0.29, 0.717) is 0 Å². The fraction of sp³-hybridized carbons (Fsp3) is 0.278. The third kappa shape index (κ3) is 2.29. The van der Waals surface area contributed by atoms with Gasteiger partial charge in [-0.2, -0.15) is 0 Å². The predicted octanol–water partition coefficient (Wildman–Crippen LogP) is 3.75. The minimum Gasteiger partial charge on any atom is -0.497 e. The van der Waals surface area contributed by atoms with Crippen LogP contribution in [0.1, 0.15) is 22.8 Å². The summed E-state index contributed by atoms with van der Waals surface area (Å²) in [5, 5.41) is 0. The Labute approximate surface area is 124 Å². The molecule has 2 aromatic carbocycles. The Morgan fingerprint density at radius 3 is 2.24 bits per heavy atom. The summed E-state index contributed by atoms with van der Waals surface area (Å²) in [6.07, 6.45) is 0.796. The van der Waals surface area contributed by atoms with Crippen LogP contribution in [0.5, 0.6) is 11.5 Å².